The number of rotatable bonds is 7. The standard InChI is InChI=1S/C21H16ClF2N3O5/c1-11(28)31-10-17-26-20(32-9-13-5-6-14(23)8-16(13)24)18(22)21(30)27(17)15-4-2-3-12(7-15)19(25)29/h2-8H,9-10H2,1H3,(H2,25,29). The summed E-state index contributed by atoms with van der Waals surface area (Å²) in [7, 11) is 0. The van der Waals surface area contributed by atoms with Crippen molar-refractivity contribution in [3.05, 3.63) is 86.4 Å². The van der Waals surface area contributed by atoms with Gasteiger partial charge < -0.3 is 15.2 Å². The molecule has 2 aromatic carbocycles. The Morgan fingerprint density at radius 2 is 1.91 bits per heavy atom. The summed E-state index contributed by atoms with van der Waals surface area (Å²) in [6, 6.07) is 8.69. The van der Waals surface area contributed by atoms with Crippen LogP contribution in [0.15, 0.2) is 47.3 Å². The highest BCUT2D eigenvalue weighted by atomic mass is 35.5. The Balaban J connectivity index is 2.05. The fourth-order valence-corrected chi connectivity index (χ4v) is 2.91. The maximum absolute atomic E-state index is 13.9. The van der Waals surface area contributed by atoms with Crippen LogP contribution in [0.2, 0.25) is 5.02 Å². The summed E-state index contributed by atoms with van der Waals surface area (Å²) in [6.07, 6.45) is 0. The smallest absolute Gasteiger partial charge is 0.303 e. The van der Waals surface area contributed by atoms with Crippen LogP contribution in [0.5, 0.6) is 5.88 Å². The number of ether oxygens (including phenoxy) is 2. The molecule has 0 bridgehead atoms. The topological polar surface area (TPSA) is 114 Å². The lowest BCUT2D eigenvalue weighted by Crippen LogP contribution is -2.26. The van der Waals surface area contributed by atoms with Crippen molar-refractivity contribution in [3.8, 4) is 11.6 Å². The normalized spacial score (nSPS) is 10.6. The van der Waals surface area contributed by atoms with Gasteiger partial charge in [0.15, 0.2) is 10.8 Å². The number of amides is 1. The van der Waals surface area contributed by atoms with Gasteiger partial charge in [0.1, 0.15) is 24.8 Å². The SMILES string of the molecule is CC(=O)OCc1nc(OCc2ccc(F)cc2F)c(Cl)c(=O)n1-c1cccc(C(N)=O)c1. The number of primary amides is 1. The maximum Gasteiger partial charge on any atom is 0.303 e. The first-order valence-electron chi connectivity index (χ1n) is 9.09. The van der Waals surface area contributed by atoms with Crippen molar-refractivity contribution in [2.24, 2.45) is 5.73 Å². The van der Waals surface area contributed by atoms with Crippen molar-refractivity contribution in [1.82, 2.24) is 9.55 Å². The van der Waals surface area contributed by atoms with E-state index in [0.717, 1.165) is 10.6 Å². The summed E-state index contributed by atoms with van der Waals surface area (Å²) in [5.74, 6) is -3.38. The van der Waals surface area contributed by atoms with Gasteiger partial charge in [0.05, 0.1) is 5.69 Å². The van der Waals surface area contributed by atoms with Crippen LogP contribution < -0.4 is 16.0 Å². The predicted octanol–water partition coefficient (Wildman–Crippen LogP) is 2.91. The van der Waals surface area contributed by atoms with Gasteiger partial charge in [-0.05, 0) is 30.3 Å². The van der Waals surface area contributed by atoms with Gasteiger partial charge in [-0.3, -0.25) is 19.0 Å². The molecule has 32 heavy (non-hydrogen) atoms. The number of carbonyl (C=O) groups is 2. The minimum atomic E-state index is -0.849. The van der Waals surface area contributed by atoms with Gasteiger partial charge in [-0.2, -0.15) is 4.98 Å². The first kappa shape index (κ1) is 22.9. The predicted molar refractivity (Wildman–Crippen MR) is 110 cm³/mol. The van der Waals surface area contributed by atoms with Crippen LogP contribution in [0.3, 0.4) is 0 Å². The van der Waals surface area contributed by atoms with Crippen LogP contribution in [0.25, 0.3) is 5.69 Å². The van der Waals surface area contributed by atoms with Crippen LogP contribution in [-0.4, -0.2) is 21.4 Å². The van der Waals surface area contributed by atoms with E-state index in [-0.39, 0.29) is 28.5 Å². The van der Waals surface area contributed by atoms with Gasteiger partial charge in [-0.25, -0.2) is 8.78 Å². The average molecular weight is 464 g/mol. The van der Waals surface area contributed by atoms with E-state index in [1.165, 1.54) is 37.3 Å². The number of hydrogen-bond acceptors (Lipinski definition) is 6. The molecule has 0 atom stereocenters. The molecular weight excluding hydrogens is 448 g/mol. The van der Waals surface area contributed by atoms with E-state index >= 15 is 0 Å². The lowest BCUT2D eigenvalue weighted by Gasteiger charge is -2.16. The quantitative estimate of drug-likeness (QED) is 0.539. The minimum absolute atomic E-state index is 0.00383. The molecular formula is C21H16ClF2N3O5. The van der Waals surface area contributed by atoms with Crippen LogP contribution >= 0.6 is 11.6 Å². The van der Waals surface area contributed by atoms with Gasteiger partial charge in [0, 0.05) is 24.1 Å². The zero-order valence-electron chi connectivity index (χ0n) is 16.6. The molecule has 166 valence electrons. The van der Waals surface area contributed by atoms with E-state index in [2.05, 4.69) is 4.98 Å². The van der Waals surface area contributed by atoms with E-state index in [4.69, 9.17) is 26.8 Å². The third-order valence-electron chi connectivity index (χ3n) is 4.24. The number of benzene rings is 2. The summed E-state index contributed by atoms with van der Waals surface area (Å²) in [4.78, 5) is 39.9. The first-order chi connectivity index (χ1) is 15.2. The largest absolute Gasteiger partial charge is 0.471 e. The second-order valence-corrected chi connectivity index (χ2v) is 6.88. The molecule has 0 spiro atoms. The Labute approximate surface area is 185 Å². The highest BCUT2D eigenvalue weighted by Crippen LogP contribution is 2.23. The Morgan fingerprint density at radius 3 is 2.56 bits per heavy atom. The number of hydrogen-bond donors (Lipinski definition) is 1. The number of halogens is 3. The van der Waals surface area contributed by atoms with Crippen molar-refractivity contribution in [1.29, 1.82) is 0 Å². The second kappa shape index (κ2) is 9.56. The summed E-state index contributed by atoms with van der Waals surface area (Å²) >= 11 is 6.14. The number of esters is 1. The lowest BCUT2D eigenvalue weighted by molar-refractivity contribution is -0.142. The van der Waals surface area contributed by atoms with Gasteiger partial charge >= 0.3 is 5.97 Å². The van der Waals surface area contributed by atoms with Crippen molar-refractivity contribution in [2.45, 2.75) is 20.1 Å². The number of nitrogens with zero attached hydrogens (tertiary/aromatic N) is 2. The van der Waals surface area contributed by atoms with Crippen LogP contribution in [0.1, 0.15) is 28.7 Å². The van der Waals surface area contributed by atoms with E-state index in [1.54, 1.807) is 0 Å². The van der Waals surface area contributed by atoms with Crippen LogP contribution in [0, 0.1) is 11.6 Å². The Morgan fingerprint density at radius 1 is 1.16 bits per heavy atom. The molecule has 1 aromatic heterocycles. The fourth-order valence-electron chi connectivity index (χ4n) is 2.73. The lowest BCUT2D eigenvalue weighted by atomic mass is 10.2. The van der Waals surface area contributed by atoms with Gasteiger partial charge in [-0.15, -0.1) is 0 Å². The van der Waals surface area contributed by atoms with Crippen molar-refractivity contribution < 1.29 is 27.8 Å². The molecule has 2 N–H and O–H groups in total. The molecule has 8 nitrogen and oxygen atoms in total. The summed E-state index contributed by atoms with van der Waals surface area (Å²) in [5.41, 5.74) is 4.82. The van der Waals surface area contributed by atoms with E-state index in [1.807, 2.05) is 0 Å². The Hall–Kier alpha value is -3.79. The van der Waals surface area contributed by atoms with Gasteiger partial charge in [0.25, 0.3) is 5.56 Å². The molecule has 0 aliphatic carbocycles. The number of nitrogens with two attached hydrogens (primary N) is 1. The van der Waals surface area contributed by atoms with Crippen molar-refractivity contribution in [3.63, 3.8) is 0 Å². The number of aromatic nitrogens is 2. The third kappa shape index (κ3) is 5.09. The molecule has 3 aromatic rings. The molecule has 0 radical (unpaired) electrons. The Bertz CT molecular complexity index is 1260. The molecule has 0 fully saturated rings. The molecule has 11 heteroatoms. The maximum atomic E-state index is 13.9. The highest BCUT2D eigenvalue weighted by molar-refractivity contribution is 6.31. The summed E-state index contributed by atoms with van der Waals surface area (Å²) < 4.78 is 38.3. The fraction of sp³-hybridized carbons (Fsp3) is 0.143. The van der Waals surface area contributed by atoms with Crippen molar-refractivity contribution >= 4 is 23.5 Å². The average Bonchev–Trinajstić information content (AvgIpc) is 2.74. The monoisotopic (exact) mass is 463 g/mol. The van der Waals surface area contributed by atoms with Crippen LogP contribution in [-0.2, 0) is 22.7 Å². The molecule has 1 heterocycles. The molecule has 0 aliphatic heterocycles. The molecule has 3 rings (SSSR count). The van der Waals surface area contributed by atoms with E-state index in [0.29, 0.717) is 6.07 Å². The number of carbonyl (C=O) groups excluding carboxylic acids is 2. The molecule has 0 aliphatic rings. The highest BCUT2D eigenvalue weighted by Gasteiger charge is 2.20. The summed E-state index contributed by atoms with van der Waals surface area (Å²) in [6.45, 7) is 0.344. The van der Waals surface area contributed by atoms with Gasteiger partial charge in [-0.1, -0.05) is 17.7 Å². The zero-order chi connectivity index (χ0) is 23.4. The Kier molecular flexibility index (Phi) is 6.84. The first-order valence-corrected chi connectivity index (χ1v) is 9.47. The third-order valence-corrected chi connectivity index (χ3v) is 4.56. The zero-order valence-corrected chi connectivity index (χ0v) is 17.4. The van der Waals surface area contributed by atoms with E-state index < -0.39 is 47.3 Å². The molecule has 0 unspecified atom stereocenters. The molecule has 0 saturated carbocycles. The minimum Gasteiger partial charge on any atom is -0.471 e. The second-order valence-electron chi connectivity index (χ2n) is 6.51. The van der Waals surface area contributed by atoms with Crippen LogP contribution in [0.4, 0.5) is 8.78 Å². The van der Waals surface area contributed by atoms with Gasteiger partial charge in [0.2, 0.25) is 11.8 Å². The summed E-state index contributed by atoms with van der Waals surface area (Å²) in [5, 5.41) is -0.441. The molecule has 0 saturated heterocycles. The van der Waals surface area contributed by atoms with Crippen molar-refractivity contribution in [2.75, 3.05) is 0 Å². The van der Waals surface area contributed by atoms with E-state index in [9.17, 15) is 23.2 Å². The molecule has 1 amide bonds.